The van der Waals surface area contributed by atoms with Gasteiger partial charge in [-0.05, 0) is 92.8 Å². The van der Waals surface area contributed by atoms with Crippen LogP contribution >= 0.6 is 0 Å². The first kappa shape index (κ1) is 21.0. The van der Waals surface area contributed by atoms with Crippen molar-refractivity contribution in [2.45, 2.75) is 90.4 Å². The van der Waals surface area contributed by atoms with Crippen LogP contribution in [0.3, 0.4) is 0 Å². The summed E-state index contributed by atoms with van der Waals surface area (Å²) in [5, 5.41) is 12.5. The largest absolute Gasteiger partial charge is 1.00 e. The van der Waals surface area contributed by atoms with E-state index in [1.165, 1.54) is 32.1 Å². The number of rotatable bonds is 2. The fraction of sp³-hybridized carbons (Fsp3) is 0.833. The van der Waals surface area contributed by atoms with Crippen molar-refractivity contribution >= 4 is 0 Å². The molecular formula is C24H35LiO3. The average Bonchev–Trinajstić information content (AvgIpc) is 2.98. The summed E-state index contributed by atoms with van der Waals surface area (Å²) in [7, 11) is 0. The van der Waals surface area contributed by atoms with Gasteiger partial charge in [-0.15, -0.1) is 5.76 Å². The van der Waals surface area contributed by atoms with Gasteiger partial charge in [0, 0.05) is 6.61 Å². The van der Waals surface area contributed by atoms with Crippen molar-refractivity contribution in [1.29, 1.82) is 0 Å². The van der Waals surface area contributed by atoms with E-state index in [0.717, 1.165) is 44.6 Å². The monoisotopic (exact) mass is 378 g/mol. The Bertz CT molecular complexity index is 652. The molecule has 4 heteroatoms. The maximum Gasteiger partial charge on any atom is 1.00 e. The van der Waals surface area contributed by atoms with Gasteiger partial charge in [-0.1, -0.05) is 31.6 Å². The normalized spacial score (nSPS) is 47.7. The molecule has 150 valence electrons. The Morgan fingerprint density at radius 1 is 1.00 bits per heavy atom. The number of ether oxygens (including phenoxy) is 2. The second-order valence-corrected chi connectivity index (χ2v) is 10.3. The van der Waals surface area contributed by atoms with Crippen molar-refractivity contribution in [3.05, 3.63) is 23.5 Å². The van der Waals surface area contributed by atoms with E-state index >= 15 is 0 Å². The summed E-state index contributed by atoms with van der Waals surface area (Å²) in [5.74, 6) is 2.44. The Morgan fingerprint density at radius 3 is 2.61 bits per heavy atom. The summed E-state index contributed by atoms with van der Waals surface area (Å²) in [4.78, 5) is 0. The molecule has 1 heterocycles. The van der Waals surface area contributed by atoms with E-state index in [4.69, 9.17) is 9.47 Å². The molecule has 3 fully saturated rings. The maximum absolute atomic E-state index is 12.5. The predicted octanol–water partition coefficient (Wildman–Crippen LogP) is 1.72. The minimum absolute atomic E-state index is 0. The van der Waals surface area contributed by atoms with Gasteiger partial charge in [0.05, 0.1) is 6.10 Å². The molecule has 0 aromatic carbocycles. The van der Waals surface area contributed by atoms with E-state index in [-0.39, 0.29) is 30.6 Å². The first-order valence-electron chi connectivity index (χ1n) is 11.3. The molecule has 0 radical (unpaired) electrons. The van der Waals surface area contributed by atoms with Crippen molar-refractivity contribution in [3.63, 3.8) is 0 Å². The molecule has 2 saturated carbocycles. The third-order valence-corrected chi connectivity index (χ3v) is 9.05. The zero-order valence-electron chi connectivity index (χ0n) is 18.0. The van der Waals surface area contributed by atoms with Crippen LogP contribution < -0.4 is 24.0 Å². The molecule has 3 nitrogen and oxygen atoms in total. The van der Waals surface area contributed by atoms with Crippen LogP contribution in [0.4, 0.5) is 0 Å². The minimum atomic E-state index is -0.0680. The van der Waals surface area contributed by atoms with Crippen molar-refractivity contribution < 1.29 is 33.4 Å². The second-order valence-electron chi connectivity index (χ2n) is 10.3. The van der Waals surface area contributed by atoms with Crippen LogP contribution in [0.5, 0.6) is 0 Å². The van der Waals surface area contributed by atoms with E-state index in [1.807, 2.05) is 6.08 Å². The number of allylic oxidation sites excluding steroid dienone is 3. The first-order chi connectivity index (χ1) is 13.0. The third-order valence-electron chi connectivity index (χ3n) is 9.05. The molecule has 5 aliphatic rings. The molecule has 7 atom stereocenters. The van der Waals surface area contributed by atoms with Gasteiger partial charge in [0.2, 0.25) is 0 Å². The molecule has 5 rings (SSSR count). The van der Waals surface area contributed by atoms with Crippen molar-refractivity contribution in [3.8, 4) is 0 Å². The van der Waals surface area contributed by atoms with Crippen LogP contribution in [0.15, 0.2) is 23.5 Å². The number of fused-ring (bicyclic) bond motifs is 5. The maximum atomic E-state index is 12.5. The Morgan fingerprint density at radius 2 is 1.82 bits per heavy atom. The Balaban J connectivity index is 0.00000192. The fourth-order valence-corrected chi connectivity index (χ4v) is 7.30. The van der Waals surface area contributed by atoms with Crippen molar-refractivity contribution in [1.82, 2.24) is 0 Å². The first-order valence-corrected chi connectivity index (χ1v) is 11.3. The van der Waals surface area contributed by atoms with Gasteiger partial charge in [-0.2, -0.15) is 0 Å². The summed E-state index contributed by atoms with van der Waals surface area (Å²) >= 11 is 0. The molecule has 0 aromatic heterocycles. The van der Waals surface area contributed by atoms with Gasteiger partial charge in [-0.3, -0.25) is 0 Å². The summed E-state index contributed by atoms with van der Waals surface area (Å²) in [5.41, 5.74) is 1.90. The van der Waals surface area contributed by atoms with Crippen LogP contribution in [-0.2, 0) is 9.47 Å². The van der Waals surface area contributed by atoms with Gasteiger partial charge >= 0.3 is 18.9 Å². The molecule has 1 aliphatic heterocycles. The van der Waals surface area contributed by atoms with Crippen LogP contribution in [0.1, 0.15) is 78.1 Å². The van der Waals surface area contributed by atoms with Gasteiger partial charge in [-0.25, -0.2) is 0 Å². The SMILES string of the molecule is C[C@]12CCC(OC3CCCCO3)CC1=CC[C@@H]1[C@@H]2CC[C@]2(C)C([O-])=CC[C@@H]12.[Li+]. The van der Waals surface area contributed by atoms with Crippen LogP contribution in [-0.4, -0.2) is 19.0 Å². The smallest absolute Gasteiger partial charge is 0.875 e. The average molecular weight is 378 g/mol. The minimum Gasteiger partial charge on any atom is -0.875 e. The van der Waals surface area contributed by atoms with E-state index in [1.54, 1.807) is 5.57 Å². The quantitative estimate of drug-likeness (QED) is 0.543. The zero-order chi connectivity index (χ0) is 18.6. The summed E-state index contributed by atoms with van der Waals surface area (Å²) in [6.07, 6.45) is 16.4. The second kappa shape index (κ2) is 7.81. The summed E-state index contributed by atoms with van der Waals surface area (Å²) in [6, 6.07) is 0. The molecule has 0 bridgehead atoms. The van der Waals surface area contributed by atoms with Gasteiger partial charge < -0.3 is 14.6 Å². The van der Waals surface area contributed by atoms with E-state index < -0.39 is 0 Å². The third kappa shape index (κ3) is 3.26. The van der Waals surface area contributed by atoms with Crippen molar-refractivity contribution in [2.75, 3.05) is 6.61 Å². The van der Waals surface area contributed by atoms with Gasteiger partial charge in [0.25, 0.3) is 0 Å². The zero-order valence-corrected chi connectivity index (χ0v) is 18.0. The van der Waals surface area contributed by atoms with E-state index in [2.05, 4.69) is 19.9 Å². The molecule has 2 unspecified atom stereocenters. The molecule has 0 N–H and O–H groups in total. The van der Waals surface area contributed by atoms with Crippen molar-refractivity contribution in [2.24, 2.45) is 28.6 Å². The van der Waals surface area contributed by atoms with E-state index in [9.17, 15) is 5.11 Å². The fourth-order valence-electron chi connectivity index (χ4n) is 7.30. The molecule has 4 aliphatic carbocycles. The van der Waals surface area contributed by atoms with Gasteiger partial charge in [0.1, 0.15) is 0 Å². The topological polar surface area (TPSA) is 41.5 Å². The van der Waals surface area contributed by atoms with Crippen LogP contribution in [0.2, 0.25) is 0 Å². The summed E-state index contributed by atoms with van der Waals surface area (Å²) in [6.45, 7) is 5.62. The number of hydrogen-bond donors (Lipinski definition) is 0. The van der Waals surface area contributed by atoms with Crippen LogP contribution in [0, 0.1) is 28.6 Å². The Kier molecular flexibility index (Phi) is 5.87. The molecule has 0 aromatic rings. The summed E-state index contributed by atoms with van der Waals surface area (Å²) < 4.78 is 12.2. The Labute approximate surface area is 182 Å². The Hall–Kier alpha value is -0.203. The molecule has 1 saturated heterocycles. The number of hydrogen-bond acceptors (Lipinski definition) is 3. The predicted molar refractivity (Wildman–Crippen MR) is 104 cm³/mol. The van der Waals surface area contributed by atoms with Gasteiger partial charge in [0.15, 0.2) is 6.29 Å². The molecule has 28 heavy (non-hydrogen) atoms. The molecule has 0 amide bonds. The molecule has 0 spiro atoms. The van der Waals surface area contributed by atoms with Crippen LogP contribution in [0.25, 0.3) is 0 Å². The molecular weight excluding hydrogens is 343 g/mol. The standard InChI is InChI=1S/C24H36O3.Li/c1-23-12-10-17(27-22-5-3-4-14-26-22)15-16(23)6-7-18-19-8-9-21(25)24(19,2)13-11-20(18)23;/h6,9,17-20,22,25H,3-5,7-8,10-15H2,1-2H3;/q;+1/p-1/t17?,18-,19-,20-,22?,23-,24-;/m0./s1. The van der Waals surface area contributed by atoms with E-state index in [0.29, 0.717) is 29.1 Å².